The molecule has 0 unspecified atom stereocenters. The SMILES string of the molecule is CN(C)C(=O)c1ccc(CNC(=O)/C=C/c2ccc(-c3ccccc3)s2)cc1. The van der Waals surface area contributed by atoms with E-state index in [0.717, 1.165) is 10.4 Å². The molecule has 0 fully saturated rings. The van der Waals surface area contributed by atoms with Gasteiger partial charge in [0, 0.05) is 42.0 Å². The van der Waals surface area contributed by atoms with Crippen LogP contribution >= 0.6 is 11.3 Å². The molecule has 28 heavy (non-hydrogen) atoms. The summed E-state index contributed by atoms with van der Waals surface area (Å²) in [7, 11) is 3.44. The number of nitrogens with zero attached hydrogens (tertiary/aromatic N) is 1. The van der Waals surface area contributed by atoms with Gasteiger partial charge in [-0.1, -0.05) is 42.5 Å². The van der Waals surface area contributed by atoms with E-state index in [-0.39, 0.29) is 11.8 Å². The lowest BCUT2D eigenvalue weighted by atomic mass is 10.1. The van der Waals surface area contributed by atoms with Crippen LogP contribution in [0.1, 0.15) is 20.8 Å². The maximum atomic E-state index is 12.1. The Labute approximate surface area is 169 Å². The third kappa shape index (κ3) is 5.18. The predicted molar refractivity (Wildman–Crippen MR) is 115 cm³/mol. The molecule has 0 saturated carbocycles. The fourth-order valence-corrected chi connectivity index (χ4v) is 3.55. The van der Waals surface area contributed by atoms with Gasteiger partial charge in [-0.15, -0.1) is 11.3 Å². The van der Waals surface area contributed by atoms with E-state index in [4.69, 9.17) is 0 Å². The Morgan fingerprint density at radius 2 is 1.68 bits per heavy atom. The van der Waals surface area contributed by atoms with Gasteiger partial charge < -0.3 is 10.2 Å². The van der Waals surface area contributed by atoms with E-state index in [0.29, 0.717) is 12.1 Å². The minimum absolute atomic E-state index is 0.0376. The second-order valence-corrected chi connectivity index (χ2v) is 7.63. The topological polar surface area (TPSA) is 49.4 Å². The van der Waals surface area contributed by atoms with Crippen LogP contribution in [0.15, 0.2) is 72.8 Å². The van der Waals surface area contributed by atoms with Crippen LogP contribution < -0.4 is 5.32 Å². The standard InChI is InChI=1S/C23H22N2O2S/c1-25(2)23(27)19-10-8-17(9-11-19)16-24-22(26)15-13-20-12-14-21(28-20)18-6-4-3-5-7-18/h3-15H,16H2,1-2H3,(H,24,26)/b15-13+. The minimum atomic E-state index is -0.150. The molecule has 0 atom stereocenters. The molecule has 1 aromatic heterocycles. The highest BCUT2D eigenvalue weighted by atomic mass is 32.1. The van der Waals surface area contributed by atoms with E-state index in [1.165, 1.54) is 15.3 Å². The van der Waals surface area contributed by atoms with Gasteiger partial charge in [0.2, 0.25) is 5.91 Å². The summed E-state index contributed by atoms with van der Waals surface area (Å²) in [5, 5.41) is 2.86. The Morgan fingerprint density at radius 1 is 0.964 bits per heavy atom. The summed E-state index contributed by atoms with van der Waals surface area (Å²) in [5.41, 5.74) is 2.75. The zero-order chi connectivity index (χ0) is 19.9. The molecule has 0 saturated heterocycles. The highest BCUT2D eigenvalue weighted by Crippen LogP contribution is 2.28. The summed E-state index contributed by atoms with van der Waals surface area (Å²) < 4.78 is 0. The summed E-state index contributed by atoms with van der Waals surface area (Å²) in [6.07, 6.45) is 3.37. The number of hydrogen-bond donors (Lipinski definition) is 1. The molecular weight excluding hydrogens is 368 g/mol. The average molecular weight is 391 g/mol. The number of benzene rings is 2. The Balaban J connectivity index is 1.53. The van der Waals surface area contributed by atoms with Gasteiger partial charge in [-0.2, -0.15) is 0 Å². The van der Waals surface area contributed by atoms with E-state index in [1.54, 1.807) is 43.6 Å². The van der Waals surface area contributed by atoms with Crippen LogP contribution in [0.5, 0.6) is 0 Å². The van der Waals surface area contributed by atoms with Crippen molar-refractivity contribution in [1.82, 2.24) is 10.2 Å². The van der Waals surface area contributed by atoms with E-state index >= 15 is 0 Å². The Morgan fingerprint density at radius 3 is 2.36 bits per heavy atom. The van der Waals surface area contributed by atoms with Crippen molar-refractivity contribution in [2.45, 2.75) is 6.54 Å². The van der Waals surface area contributed by atoms with Gasteiger partial charge in [0.1, 0.15) is 0 Å². The lowest BCUT2D eigenvalue weighted by Gasteiger charge is -2.10. The smallest absolute Gasteiger partial charge is 0.253 e. The maximum Gasteiger partial charge on any atom is 0.253 e. The zero-order valence-electron chi connectivity index (χ0n) is 15.9. The average Bonchev–Trinajstić information content (AvgIpc) is 3.20. The first-order valence-electron chi connectivity index (χ1n) is 8.95. The Hall–Kier alpha value is -3.18. The normalized spacial score (nSPS) is 10.8. The number of rotatable bonds is 6. The molecule has 3 aromatic rings. The second-order valence-electron chi connectivity index (χ2n) is 6.52. The van der Waals surface area contributed by atoms with Gasteiger partial charge in [-0.25, -0.2) is 0 Å². The number of nitrogens with one attached hydrogen (secondary N) is 1. The van der Waals surface area contributed by atoms with Crippen LogP contribution in [0.4, 0.5) is 0 Å². The molecule has 1 N–H and O–H groups in total. The fourth-order valence-electron chi connectivity index (χ4n) is 2.63. The fraction of sp³-hybridized carbons (Fsp3) is 0.130. The first-order chi connectivity index (χ1) is 13.5. The second kappa shape index (κ2) is 9.15. The summed E-state index contributed by atoms with van der Waals surface area (Å²) in [6, 6.07) is 21.5. The predicted octanol–water partition coefficient (Wildman–Crippen LogP) is 4.45. The minimum Gasteiger partial charge on any atom is -0.348 e. The van der Waals surface area contributed by atoms with Crippen molar-refractivity contribution in [3.05, 3.63) is 88.8 Å². The van der Waals surface area contributed by atoms with Crippen molar-refractivity contribution in [2.24, 2.45) is 0 Å². The van der Waals surface area contributed by atoms with Crippen molar-refractivity contribution in [1.29, 1.82) is 0 Å². The first kappa shape index (κ1) is 19.6. The third-order valence-electron chi connectivity index (χ3n) is 4.16. The van der Waals surface area contributed by atoms with Gasteiger partial charge in [-0.3, -0.25) is 9.59 Å². The molecule has 2 amide bonds. The Kier molecular flexibility index (Phi) is 6.40. The molecule has 0 spiro atoms. The summed E-state index contributed by atoms with van der Waals surface area (Å²) in [5.74, 6) is -0.188. The van der Waals surface area contributed by atoms with Crippen molar-refractivity contribution in [3.63, 3.8) is 0 Å². The lowest BCUT2D eigenvalue weighted by molar-refractivity contribution is -0.116. The molecule has 3 rings (SSSR count). The highest BCUT2D eigenvalue weighted by Gasteiger charge is 2.07. The quantitative estimate of drug-likeness (QED) is 0.632. The molecule has 0 aliphatic rings. The monoisotopic (exact) mass is 390 g/mol. The molecule has 5 heteroatoms. The van der Waals surface area contributed by atoms with E-state index < -0.39 is 0 Å². The molecule has 142 valence electrons. The van der Waals surface area contributed by atoms with Crippen molar-refractivity contribution in [2.75, 3.05) is 14.1 Å². The largest absolute Gasteiger partial charge is 0.348 e. The summed E-state index contributed by atoms with van der Waals surface area (Å²) in [6.45, 7) is 0.416. The van der Waals surface area contributed by atoms with Crippen molar-refractivity contribution < 1.29 is 9.59 Å². The molecule has 4 nitrogen and oxygen atoms in total. The van der Waals surface area contributed by atoms with Gasteiger partial charge in [0.15, 0.2) is 0 Å². The van der Waals surface area contributed by atoms with Gasteiger partial charge >= 0.3 is 0 Å². The van der Waals surface area contributed by atoms with Crippen molar-refractivity contribution in [3.8, 4) is 10.4 Å². The number of hydrogen-bond acceptors (Lipinski definition) is 3. The number of thiophene rings is 1. The molecule has 0 aliphatic carbocycles. The lowest BCUT2D eigenvalue weighted by Crippen LogP contribution is -2.22. The van der Waals surface area contributed by atoms with Crippen LogP contribution in [0.3, 0.4) is 0 Å². The third-order valence-corrected chi connectivity index (χ3v) is 5.26. The van der Waals surface area contributed by atoms with Crippen LogP contribution in [0.2, 0.25) is 0 Å². The highest BCUT2D eigenvalue weighted by molar-refractivity contribution is 7.16. The number of amides is 2. The van der Waals surface area contributed by atoms with E-state index in [1.807, 2.05) is 42.5 Å². The molecule has 0 aliphatic heterocycles. The van der Waals surface area contributed by atoms with Crippen molar-refractivity contribution >= 4 is 29.2 Å². The van der Waals surface area contributed by atoms with E-state index in [2.05, 4.69) is 23.5 Å². The molecule has 1 heterocycles. The number of carbonyl (C=O) groups excluding carboxylic acids is 2. The summed E-state index contributed by atoms with van der Waals surface area (Å²) in [4.78, 5) is 27.7. The summed E-state index contributed by atoms with van der Waals surface area (Å²) >= 11 is 1.65. The first-order valence-corrected chi connectivity index (χ1v) is 9.76. The Bertz CT molecular complexity index is 973. The van der Waals surface area contributed by atoms with Gasteiger partial charge in [-0.05, 0) is 41.5 Å². The molecule has 0 bridgehead atoms. The molecular formula is C23H22N2O2S. The zero-order valence-corrected chi connectivity index (χ0v) is 16.7. The van der Waals surface area contributed by atoms with Crippen LogP contribution in [0.25, 0.3) is 16.5 Å². The van der Waals surface area contributed by atoms with E-state index in [9.17, 15) is 9.59 Å². The van der Waals surface area contributed by atoms with Gasteiger partial charge in [0.05, 0.1) is 0 Å². The molecule has 0 radical (unpaired) electrons. The maximum absolute atomic E-state index is 12.1. The van der Waals surface area contributed by atoms with Crippen LogP contribution in [-0.4, -0.2) is 30.8 Å². The van der Waals surface area contributed by atoms with Gasteiger partial charge in [0.25, 0.3) is 5.91 Å². The number of carbonyl (C=O) groups is 2. The van der Waals surface area contributed by atoms with Crippen LogP contribution in [-0.2, 0) is 11.3 Å². The molecule has 2 aromatic carbocycles. The van der Waals surface area contributed by atoms with Crippen LogP contribution in [0, 0.1) is 0 Å².